The lowest BCUT2D eigenvalue weighted by Crippen LogP contribution is -2.38. The van der Waals surface area contributed by atoms with E-state index in [1.165, 1.54) is 33.6 Å². The Morgan fingerprint density at radius 2 is 2.00 bits per heavy atom. The number of aryl methyl sites for hydroxylation is 2. The van der Waals surface area contributed by atoms with Crippen molar-refractivity contribution in [2.45, 2.75) is 46.5 Å². The molecule has 0 amide bonds. The third kappa shape index (κ3) is 5.90. The summed E-state index contributed by atoms with van der Waals surface area (Å²) in [7, 11) is 0. The third-order valence-electron chi connectivity index (χ3n) is 4.60. The zero-order valence-corrected chi connectivity index (χ0v) is 18.2. The molecular formula is C19H30N6S2. The quantitative estimate of drug-likeness (QED) is 0.521. The highest BCUT2D eigenvalue weighted by molar-refractivity contribution is 7.13. The van der Waals surface area contributed by atoms with Crippen molar-refractivity contribution in [1.82, 2.24) is 20.6 Å². The average Bonchev–Trinajstić information content (AvgIpc) is 3.37. The summed E-state index contributed by atoms with van der Waals surface area (Å²) in [6.45, 7) is 11.0. The fourth-order valence-corrected chi connectivity index (χ4v) is 4.86. The van der Waals surface area contributed by atoms with Gasteiger partial charge in [0.1, 0.15) is 0 Å². The maximum absolute atomic E-state index is 4.78. The molecule has 1 aliphatic rings. The Balaban J connectivity index is 1.44. The number of anilines is 1. The lowest BCUT2D eigenvalue weighted by atomic mass is 10.3. The van der Waals surface area contributed by atoms with Crippen molar-refractivity contribution in [2.75, 3.05) is 37.6 Å². The predicted molar refractivity (Wildman–Crippen MR) is 117 cm³/mol. The van der Waals surface area contributed by atoms with Crippen LogP contribution in [0.3, 0.4) is 0 Å². The van der Waals surface area contributed by atoms with Crippen LogP contribution in [0.2, 0.25) is 0 Å². The summed E-state index contributed by atoms with van der Waals surface area (Å²) in [5, 5.41) is 11.3. The number of hydrogen-bond donors (Lipinski definition) is 2. The summed E-state index contributed by atoms with van der Waals surface area (Å²) < 4.78 is 0. The minimum absolute atomic E-state index is 0.748. The lowest BCUT2D eigenvalue weighted by molar-refractivity contribution is 0.786. The van der Waals surface area contributed by atoms with E-state index in [4.69, 9.17) is 4.98 Å². The van der Waals surface area contributed by atoms with E-state index in [1.54, 1.807) is 22.7 Å². The Morgan fingerprint density at radius 1 is 1.19 bits per heavy atom. The fraction of sp³-hybridized carbons (Fsp3) is 0.632. The molecule has 0 spiro atoms. The number of aromatic nitrogens is 2. The third-order valence-corrected chi connectivity index (χ3v) is 6.69. The van der Waals surface area contributed by atoms with Gasteiger partial charge in [0.05, 0.1) is 16.4 Å². The van der Waals surface area contributed by atoms with Gasteiger partial charge in [-0.05, 0) is 33.6 Å². The summed E-state index contributed by atoms with van der Waals surface area (Å²) in [6.07, 6.45) is 4.39. The summed E-state index contributed by atoms with van der Waals surface area (Å²) >= 11 is 3.54. The number of rotatable bonds is 8. The monoisotopic (exact) mass is 406 g/mol. The molecule has 27 heavy (non-hydrogen) atoms. The standard InChI is InChI=1S/C19H30N6S2/c1-4-20-18(22-10-8-17-23-14(2)15(3)27-17)21-9-7-16-13-26-19(24-16)25-11-5-6-12-25/h13H,4-12H2,1-3H3,(H2,20,21,22). The first-order valence-electron chi connectivity index (χ1n) is 9.80. The molecule has 0 atom stereocenters. The largest absolute Gasteiger partial charge is 0.357 e. The van der Waals surface area contributed by atoms with Gasteiger partial charge in [-0.3, -0.25) is 4.99 Å². The van der Waals surface area contributed by atoms with Crippen LogP contribution in [-0.4, -0.2) is 48.7 Å². The van der Waals surface area contributed by atoms with Crippen molar-refractivity contribution in [3.05, 3.63) is 26.7 Å². The van der Waals surface area contributed by atoms with Crippen molar-refractivity contribution in [1.29, 1.82) is 0 Å². The van der Waals surface area contributed by atoms with Crippen LogP contribution in [0.1, 0.15) is 41.0 Å². The Labute approximate surface area is 170 Å². The highest BCUT2D eigenvalue weighted by Gasteiger charge is 2.15. The second kappa shape index (κ2) is 10.0. The summed E-state index contributed by atoms with van der Waals surface area (Å²) in [5.41, 5.74) is 2.31. The fourth-order valence-electron chi connectivity index (χ4n) is 3.02. The van der Waals surface area contributed by atoms with Gasteiger partial charge in [0.15, 0.2) is 11.1 Å². The molecule has 0 aromatic carbocycles. The molecule has 0 unspecified atom stereocenters. The highest BCUT2D eigenvalue weighted by Crippen LogP contribution is 2.24. The summed E-state index contributed by atoms with van der Waals surface area (Å²) in [5.74, 6) is 0.873. The Morgan fingerprint density at radius 3 is 2.70 bits per heavy atom. The number of aliphatic imine (C=N–C) groups is 1. The molecule has 2 aromatic rings. The summed E-state index contributed by atoms with van der Waals surface area (Å²) in [4.78, 5) is 17.8. The van der Waals surface area contributed by atoms with Gasteiger partial charge >= 0.3 is 0 Å². The first kappa shape index (κ1) is 20.1. The van der Waals surface area contributed by atoms with Crippen LogP contribution in [0.25, 0.3) is 0 Å². The molecule has 148 valence electrons. The van der Waals surface area contributed by atoms with E-state index in [-0.39, 0.29) is 0 Å². The second-order valence-corrected chi connectivity index (χ2v) is 8.88. The molecule has 3 rings (SSSR count). The Bertz CT molecular complexity index is 726. The molecule has 1 fully saturated rings. The number of nitrogens with one attached hydrogen (secondary N) is 2. The van der Waals surface area contributed by atoms with Crippen LogP contribution in [0.15, 0.2) is 10.4 Å². The maximum Gasteiger partial charge on any atom is 0.191 e. The molecule has 6 nitrogen and oxygen atoms in total. The highest BCUT2D eigenvalue weighted by atomic mass is 32.1. The molecular weight excluding hydrogens is 376 g/mol. The van der Waals surface area contributed by atoms with Crippen molar-refractivity contribution < 1.29 is 0 Å². The molecule has 0 aliphatic carbocycles. The molecule has 3 heterocycles. The molecule has 1 aliphatic heterocycles. The number of nitrogens with zero attached hydrogens (tertiary/aromatic N) is 4. The Kier molecular flexibility index (Phi) is 7.46. The maximum atomic E-state index is 4.78. The van der Waals surface area contributed by atoms with E-state index >= 15 is 0 Å². The first-order valence-corrected chi connectivity index (χ1v) is 11.5. The number of hydrogen-bond acceptors (Lipinski definition) is 6. The van der Waals surface area contributed by atoms with Gasteiger partial charge < -0.3 is 15.5 Å². The van der Waals surface area contributed by atoms with Crippen LogP contribution in [0, 0.1) is 13.8 Å². The van der Waals surface area contributed by atoms with Crippen LogP contribution < -0.4 is 15.5 Å². The van der Waals surface area contributed by atoms with Gasteiger partial charge in [-0.25, -0.2) is 9.97 Å². The van der Waals surface area contributed by atoms with Crippen LogP contribution >= 0.6 is 22.7 Å². The van der Waals surface area contributed by atoms with E-state index in [0.29, 0.717) is 0 Å². The predicted octanol–water partition coefficient (Wildman–Crippen LogP) is 3.16. The van der Waals surface area contributed by atoms with E-state index in [1.807, 2.05) is 0 Å². The molecule has 1 saturated heterocycles. The summed E-state index contributed by atoms with van der Waals surface area (Å²) in [6, 6.07) is 0. The van der Waals surface area contributed by atoms with Gasteiger partial charge in [-0.15, -0.1) is 22.7 Å². The van der Waals surface area contributed by atoms with Gasteiger partial charge in [0.2, 0.25) is 0 Å². The van der Waals surface area contributed by atoms with Gasteiger partial charge in [0.25, 0.3) is 0 Å². The van der Waals surface area contributed by atoms with E-state index in [2.05, 4.69) is 51.7 Å². The first-order chi connectivity index (χ1) is 13.2. The van der Waals surface area contributed by atoms with Gasteiger partial charge in [-0.2, -0.15) is 0 Å². The van der Waals surface area contributed by atoms with Gasteiger partial charge in [0, 0.05) is 55.8 Å². The van der Waals surface area contributed by atoms with Crippen molar-refractivity contribution in [2.24, 2.45) is 4.99 Å². The number of thiazole rings is 2. The van der Waals surface area contributed by atoms with Gasteiger partial charge in [-0.1, -0.05) is 0 Å². The minimum atomic E-state index is 0.748. The van der Waals surface area contributed by atoms with Crippen molar-refractivity contribution in [3.63, 3.8) is 0 Å². The molecule has 0 bridgehead atoms. The van der Waals surface area contributed by atoms with E-state index < -0.39 is 0 Å². The SMILES string of the molecule is CCNC(=NCCc1nc(C)c(C)s1)NCCc1csc(N2CCCC2)n1. The average molecular weight is 407 g/mol. The van der Waals surface area contributed by atoms with Crippen LogP contribution in [-0.2, 0) is 12.8 Å². The zero-order valence-electron chi connectivity index (χ0n) is 16.5. The second-order valence-electron chi connectivity index (χ2n) is 6.75. The smallest absolute Gasteiger partial charge is 0.191 e. The molecule has 8 heteroatoms. The molecule has 0 radical (unpaired) electrons. The van der Waals surface area contributed by atoms with E-state index in [0.717, 1.165) is 57.2 Å². The normalized spacial score (nSPS) is 14.8. The number of guanidine groups is 1. The zero-order chi connectivity index (χ0) is 19.1. The van der Waals surface area contributed by atoms with Crippen LogP contribution in [0.5, 0.6) is 0 Å². The molecule has 2 N–H and O–H groups in total. The van der Waals surface area contributed by atoms with Crippen molar-refractivity contribution in [3.8, 4) is 0 Å². The molecule has 0 saturated carbocycles. The van der Waals surface area contributed by atoms with E-state index in [9.17, 15) is 0 Å². The topological polar surface area (TPSA) is 65.4 Å². The Hall–Kier alpha value is -1.67. The van der Waals surface area contributed by atoms with Crippen LogP contribution in [0.4, 0.5) is 5.13 Å². The molecule has 2 aromatic heterocycles. The minimum Gasteiger partial charge on any atom is -0.357 e. The lowest BCUT2D eigenvalue weighted by Gasteiger charge is -2.12. The van der Waals surface area contributed by atoms with Crippen molar-refractivity contribution >= 4 is 33.8 Å².